The largest absolute Gasteiger partial charge is 0.494 e. The quantitative estimate of drug-likeness (QED) is 0.783. The molecule has 4 rings (SSSR count). The topological polar surface area (TPSA) is 41.5 Å². The van der Waals surface area contributed by atoms with E-state index < -0.39 is 0 Å². The number of hydrogen-bond donors (Lipinski definition) is 0. The highest BCUT2D eigenvalue weighted by molar-refractivity contribution is 7.18. The normalized spacial score (nSPS) is 20.6. The van der Waals surface area contributed by atoms with Crippen LogP contribution in [0.2, 0.25) is 0 Å². The molecule has 2 aliphatic heterocycles. The Morgan fingerprint density at radius 1 is 1.07 bits per heavy atom. The first kappa shape index (κ1) is 18.6. The van der Waals surface area contributed by atoms with Gasteiger partial charge in [-0.3, -0.25) is 4.90 Å². The fraction of sp³-hybridized carbons (Fsp3) is 0.600. The average molecular weight is 391 g/mol. The van der Waals surface area contributed by atoms with Crippen LogP contribution in [0.1, 0.15) is 39.0 Å². The Hall–Kier alpha value is -1.73. The minimum atomic E-state index is -0.373. The molecule has 0 radical (unpaired) electrons. The highest BCUT2D eigenvalue weighted by Gasteiger charge is 2.36. The van der Waals surface area contributed by atoms with E-state index in [4.69, 9.17) is 4.74 Å². The first-order valence-electron chi connectivity index (χ1n) is 9.76. The number of halogens is 1. The van der Waals surface area contributed by atoms with Crippen LogP contribution in [-0.2, 0) is 0 Å². The maximum Gasteiger partial charge on any atom is 0.208 e. The van der Waals surface area contributed by atoms with Crippen molar-refractivity contribution < 1.29 is 9.13 Å². The third-order valence-corrected chi connectivity index (χ3v) is 7.08. The zero-order chi connectivity index (χ0) is 18.9. The second kappa shape index (κ2) is 7.72. The molecule has 2 aliphatic rings. The minimum absolute atomic E-state index is 0.247. The van der Waals surface area contributed by atoms with E-state index in [1.54, 1.807) is 6.07 Å². The molecule has 0 N–H and O–H groups in total. The number of nitrogens with zero attached hydrogens (tertiary/aromatic N) is 4. The van der Waals surface area contributed by atoms with Crippen LogP contribution in [0.25, 0.3) is 10.6 Å². The van der Waals surface area contributed by atoms with Gasteiger partial charge in [0.25, 0.3) is 0 Å². The summed E-state index contributed by atoms with van der Waals surface area (Å²) in [5, 5.41) is 10.3. The van der Waals surface area contributed by atoms with Crippen LogP contribution in [0.4, 0.5) is 9.52 Å². The standard InChI is InChI=1S/C20H27FN4OS/c1-20(25-10-4-3-5-11-25)8-12-24(13-9-20)19-23-22-18(27-19)15-6-7-17(26-2)16(21)14-15/h6-7,14H,3-5,8-13H2,1-2H3. The zero-order valence-corrected chi connectivity index (χ0v) is 16.9. The summed E-state index contributed by atoms with van der Waals surface area (Å²) in [6.45, 7) is 6.89. The van der Waals surface area contributed by atoms with E-state index in [-0.39, 0.29) is 11.6 Å². The van der Waals surface area contributed by atoms with Crippen molar-refractivity contribution >= 4 is 16.5 Å². The zero-order valence-electron chi connectivity index (χ0n) is 16.1. The molecule has 2 fully saturated rings. The number of methoxy groups -OCH3 is 1. The van der Waals surface area contributed by atoms with Crippen molar-refractivity contribution in [1.29, 1.82) is 0 Å². The Morgan fingerprint density at radius 2 is 1.81 bits per heavy atom. The SMILES string of the molecule is COc1ccc(-c2nnc(N3CCC(C)(N4CCCCC4)CC3)s2)cc1F. The summed E-state index contributed by atoms with van der Waals surface area (Å²) in [5.74, 6) is -0.126. The number of aromatic nitrogens is 2. The van der Waals surface area contributed by atoms with Crippen molar-refractivity contribution in [2.24, 2.45) is 0 Å². The lowest BCUT2D eigenvalue weighted by atomic mass is 9.86. The third-order valence-electron chi connectivity index (χ3n) is 6.04. The summed E-state index contributed by atoms with van der Waals surface area (Å²) in [4.78, 5) is 5.02. The molecule has 0 saturated carbocycles. The summed E-state index contributed by atoms with van der Waals surface area (Å²) in [6, 6.07) is 4.93. The molecular formula is C20H27FN4OS. The first-order chi connectivity index (χ1) is 13.1. The predicted octanol–water partition coefficient (Wildman–Crippen LogP) is 4.20. The molecule has 3 heterocycles. The lowest BCUT2D eigenvalue weighted by Gasteiger charge is -2.48. The lowest BCUT2D eigenvalue weighted by Crippen LogP contribution is -2.55. The number of rotatable bonds is 4. The van der Waals surface area contributed by atoms with Crippen molar-refractivity contribution in [2.45, 2.75) is 44.6 Å². The number of hydrogen-bond acceptors (Lipinski definition) is 6. The number of anilines is 1. The number of likely N-dealkylation sites (tertiary alicyclic amines) is 1. The summed E-state index contributed by atoms with van der Waals surface area (Å²) in [6.07, 6.45) is 6.34. The van der Waals surface area contributed by atoms with Gasteiger partial charge in [-0.25, -0.2) is 4.39 Å². The second-order valence-corrected chi connectivity index (χ2v) is 8.73. The molecular weight excluding hydrogens is 363 g/mol. The van der Waals surface area contributed by atoms with E-state index in [0.717, 1.165) is 41.6 Å². The van der Waals surface area contributed by atoms with Gasteiger partial charge in [-0.15, -0.1) is 10.2 Å². The predicted molar refractivity (Wildman–Crippen MR) is 107 cm³/mol. The number of piperidine rings is 2. The van der Waals surface area contributed by atoms with Gasteiger partial charge in [-0.05, 0) is 63.9 Å². The van der Waals surface area contributed by atoms with Crippen LogP contribution in [0.3, 0.4) is 0 Å². The Labute approximate surface area is 164 Å². The number of ether oxygens (including phenoxy) is 1. The summed E-state index contributed by atoms with van der Waals surface area (Å²) in [7, 11) is 1.47. The second-order valence-electron chi connectivity index (χ2n) is 7.77. The van der Waals surface area contributed by atoms with Gasteiger partial charge in [-0.1, -0.05) is 17.8 Å². The van der Waals surface area contributed by atoms with E-state index in [0.29, 0.717) is 5.54 Å². The summed E-state index contributed by atoms with van der Waals surface area (Å²) < 4.78 is 19.0. The van der Waals surface area contributed by atoms with E-state index in [1.807, 2.05) is 6.07 Å². The highest BCUT2D eigenvalue weighted by Crippen LogP contribution is 2.36. The first-order valence-corrected chi connectivity index (χ1v) is 10.6. The molecule has 0 unspecified atom stereocenters. The van der Waals surface area contributed by atoms with E-state index >= 15 is 0 Å². The molecule has 0 bridgehead atoms. The highest BCUT2D eigenvalue weighted by atomic mass is 32.1. The minimum Gasteiger partial charge on any atom is -0.494 e. The van der Waals surface area contributed by atoms with E-state index in [1.165, 1.54) is 56.9 Å². The fourth-order valence-corrected chi connectivity index (χ4v) is 5.08. The van der Waals surface area contributed by atoms with E-state index in [9.17, 15) is 4.39 Å². The molecule has 0 atom stereocenters. The van der Waals surface area contributed by atoms with Crippen molar-refractivity contribution in [3.05, 3.63) is 24.0 Å². The monoisotopic (exact) mass is 390 g/mol. The molecule has 1 aromatic heterocycles. The molecule has 0 aliphatic carbocycles. The molecule has 0 spiro atoms. The molecule has 5 nitrogen and oxygen atoms in total. The fourth-order valence-electron chi connectivity index (χ4n) is 4.19. The van der Waals surface area contributed by atoms with Gasteiger partial charge in [-0.2, -0.15) is 0 Å². The van der Waals surface area contributed by atoms with Crippen LogP contribution in [-0.4, -0.2) is 53.9 Å². The van der Waals surface area contributed by atoms with Crippen molar-refractivity contribution in [3.8, 4) is 16.3 Å². The van der Waals surface area contributed by atoms with Gasteiger partial charge in [0, 0.05) is 24.2 Å². The molecule has 27 heavy (non-hydrogen) atoms. The molecule has 1 aromatic carbocycles. The van der Waals surface area contributed by atoms with Gasteiger partial charge >= 0.3 is 0 Å². The Kier molecular flexibility index (Phi) is 5.32. The third kappa shape index (κ3) is 3.80. The maximum absolute atomic E-state index is 14.0. The lowest BCUT2D eigenvalue weighted by molar-refractivity contribution is 0.0593. The van der Waals surface area contributed by atoms with Crippen LogP contribution in [0.5, 0.6) is 5.75 Å². The molecule has 2 aromatic rings. The van der Waals surface area contributed by atoms with Crippen molar-refractivity contribution in [1.82, 2.24) is 15.1 Å². The van der Waals surface area contributed by atoms with Crippen LogP contribution in [0.15, 0.2) is 18.2 Å². The van der Waals surface area contributed by atoms with Gasteiger partial charge in [0.05, 0.1) is 7.11 Å². The molecule has 146 valence electrons. The molecule has 0 amide bonds. The summed E-state index contributed by atoms with van der Waals surface area (Å²) >= 11 is 1.53. The van der Waals surface area contributed by atoms with Gasteiger partial charge in [0.2, 0.25) is 5.13 Å². The Bertz CT molecular complexity index is 782. The van der Waals surface area contributed by atoms with Gasteiger partial charge < -0.3 is 9.64 Å². The van der Waals surface area contributed by atoms with Crippen LogP contribution >= 0.6 is 11.3 Å². The smallest absolute Gasteiger partial charge is 0.208 e. The van der Waals surface area contributed by atoms with Crippen molar-refractivity contribution in [2.75, 3.05) is 38.2 Å². The maximum atomic E-state index is 14.0. The van der Waals surface area contributed by atoms with Gasteiger partial charge in [0.1, 0.15) is 5.01 Å². The van der Waals surface area contributed by atoms with E-state index in [2.05, 4.69) is 26.9 Å². The van der Waals surface area contributed by atoms with Crippen LogP contribution < -0.4 is 9.64 Å². The molecule has 2 saturated heterocycles. The Balaban J connectivity index is 1.43. The summed E-state index contributed by atoms with van der Waals surface area (Å²) in [5.41, 5.74) is 1.05. The van der Waals surface area contributed by atoms with Crippen molar-refractivity contribution in [3.63, 3.8) is 0 Å². The number of benzene rings is 1. The molecule has 7 heteroatoms. The van der Waals surface area contributed by atoms with Crippen LogP contribution in [0, 0.1) is 5.82 Å². The van der Waals surface area contributed by atoms with Gasteiger partial charge in [0.15, 0.2) is 11.6 Å². The Morgan fingerprint density at radius 3 is 2.48 bits per heavy atom. The average Bonchev–Trinajstić information content (AvgIpc) is 3.19.